The molecule has 0 aromatic rings. The Morgan fingerprint density at radius 3 is 2.69 bits per heavy atom. The minimum atomic E-state index is 0.273. The maximum Gasteiger partial charge on any atom is 0.161 e. The van der Waals surface area contributed by atoms with Crippen molar-refractivity contribution in [3.05, 3.63) is 11.8 Å². The number of carbonyl (C=O) groups excluding carboxylic acids is 1. The highest BCUT2D eigenvalue weighted by Crippen LogP contribution is 2.19. The average Bonchev–Trinajstić information content (AvgIpc) is 2.08. The zero-order valence-corrected chi connectivity index (χ0v) is 8.51. The first-order valence-electron chi connectivity index (χ1n) is 5.04. The molecule has 2 heteroatoms. The molecule has 0 unspecified atom stereocenters. The number of allylic oxidation sites excluding steroid dienone is 1. The van der Waals surface area contributed by atoms with Gasteiger partial charge in [0.15, 0.2) is 5.78 Å². The molecule has 0 spiro atoms. The molecule has 0 bridgehead atoms. The van der Waals surface area contributed by atoms with Crippen LogP contribution in [0.1, 0.15) is 39.5 Å². The van der Waals surface area contributed by atoms with Gasteiger partial charge in [-0.25, -0.2) is 0 Å². The molecule has 1 saturated carbocycles. The Bertz CT molecular complexity index is 204. The summed E-state index contributed by atoms with van der Waals surface area (Å²) in [4.78, 5) is 11.3. The predicted octanol–water partition coefficient (Wildman–Crippen LogP) is 2.69. The first-order chi connectivity index (χ1) is 6.20. The fourth-order valence-electron chi connectivity index (χ4n) is 1.37. The van der Waals surface area contributed by atoms with Crippen LogP contribution >= 0.6 is 0 Å². The van der Waals surface area contributed by atoms with Gasteiger partial charge in [-0.15, -0.1) is 0 Å². The normalized spacial score (nSPS) is 21.2. The van der Waals surface area contributed by atoms with Crippen LogP contribution in [0.3, 0.4) is 0 Å². The van der Waals surface area contributed by atoms with Crippen molar-refractivity contribution in [3.63, 3.8) is 0 Å². The van der Waals surface area contributed by atoms with E-state index in [9.17, 15) is 4.79 Å². The van der Waals surface area contributed by atoms with Crippen molar-refractivity contribution in [1.29, 1.82) is 0 Å². The van der Waals surface area contributed by atoms with Gasteiger partial charge in [0.1, 0.15) is 0 Å². The van der Waals surface area contributed by atoms with Gasteiger partial charge >= 0.3 is 0 Å². The topological polar surface area (TPSA) is 26.3 Å². The van der Waals surface area contributed by atoms with Crippen LogP contribution < -0.4 is 0 Å². The van der Waals surface area contributed by atoms with Crippen molar-refractivity contribution in [2.75, 3.05) is 6.61 Å². The van der Waals surface area contributed by atoms with Crippen LogP contribution in [0.2, 0.25) is 0 Å². The summed E-state index contributed by atoms with van der Waals surface area (Å²) in [5, 5.41) is 0. The van der Waals surface area contributed by atoms with E-state index in [1.165, 1.54) is 0 Å². The van der Waals surface area contributed by atoms with E-state index >= 15 is 0 Å². The van der Waals surface area contributed by atoms with E-state index in [2.05, 4.69) is 13.8 Å². The fourth-order valence-corrected chi connectivity index (χ4v) is 1.37. The van der Waals surface area contributed by atoms with Crippen molar-refractivity contribution >= 4 is 5.78 Å². The highest BCUT2D eigenvalue weighted by Gasteiger charge is 2.14. The van der Waals surface area contributed by atoms with E-state index in [1.807, 2.05) is 0 Å². The summed E-state index contributed by atoms with van der Waals surface area (Å²) in [5.41, 5.74) is 0.881. The minimum Gasteiger partial charge on any atom is -0.501 e. The predicted molar refractivity (Wildman–Crippen MR) is 52.3 cm³/mol. The van der Waals surface area contributed by atoms with Crippen LogP contribution in [0.5, 0.6) is 0 Å². The monoisotopic (exact) mass is 182 g/mol. The lowest BCUT2D eigenvalue weighted by atomic mass is 9.95. The third kappa shape index (κ3) is 3.62. The smallest absolute Gasteiger partial charge is 0.161 e. The Kier molecular flexibility index (Phi) is 4.00. The fraction of sp³-hybridized carbons (Fsp3) is 0.727. The number of hydrogen-bond acceptors (Lipinski definition) is 2. The zero-order valence-electron chi connectivity index (χ0n) is 8.51. The molecule has 0 atom stereocenters. The van der Waals surface area contributed by atoms with Crippen LogP contribution in [0.4, 0.5) is 0 Å². The summed E-state index contributed by atoms with van der Waals surface area (Å²) in [6.07, 6.45) is 5.44. The van der Waals surface area contributed by atoms with Gasteiger partial charge in [0.05, 0.1) is 12.9 Å². The van der Waals surface area contributed by atoms with Gasteiger partial charge in [0.2, 0.25) is 0 Å². The second kappa shape index (κ2) is 5.05. The summed E-state index contributed by atoms with van der Waals surface area (Å²) in [7, 11) is 0. The second-order valence-electron chi connectivity index (χ2n) is 4.00. The number of rotatable bonds is 3. The average molecular weight is 182 g/mol. The lowest BCUT2D eigenvalue weighted by molar-refractivity contribution is -0.116. The number of carbonyl (C=O) groups is 1. The first kappa shape index (κ1) is 10.3. The Morgan fingerprint density at radius 1 is 1.38 bits per heavy atom. The Hall–Kier alpha value is -0.790. The van der Waals surface area contributed by atoms with E-state index in [0.29, 0.717) is 18.9 Å². The molecular formula is C11H18O2. The molecule has 74 valence electrons. The summed E-state index contributed by atoms with van der Waals surface area (Å²) >= 11 is 0. The molecule has 0 N–H and O–H groups in total. The molecule has 0 aromatic carbocycles. The van der Waals surface area contributed by atoms with Crippen molar-refractivity contribution in [2.45, 2.75) is 39.5 Å². The molecule has 0 saturated heterocycles. The molecule has 13 heavy (non-hydrogen) atoms. The summed E-state index contributed by atoms with van der Waals surface area (Å²) in [6, 6.07) is 0. The molecule has 0 radical (unpaired) electrons. The number of Topliss-reactive ketones (excluding diaryl/α,β-unsaturated/α-hetero) is 1. The molecule has 0 heterocycles. The van der Waals surface area contributed by atoms with Crippen molar-refractivity contribution in [2.24, 2.45) is 5.92 Å². The van der Waals surface area contributed by atoms with Gasteiger partial charge in [-0.1, -0.05) is 13.8 Å². The van der Waals surface area contributed by atoms with E-state index in [-0.39, 0.29) is 5.78 Å². The van der Waals surface area contributed by atoms with Crippen LogP contribution in [-0.2, 0) is 9.53 Å². The third-order valence-corrected chi connectivity index (χ3v) is 2.11. The van der Waals surface area contributed by atoms with E-state index in [4.69, 9.17) is 4.74 Å². The largest absolute Gasteiger partial charge is 0.501 e. The van der Waals surface area contributed by atoms with Crippen molar-refractivity contribution in [1.82, 2.24) is 0 Å². The van der Waals surface area contributed by atoms with E-state index in [1.54, 1.807) is 6.26 Å². The van der Waals surface area contributed by atoms with Gasteiger partial charge in [0, 0.05) is 12.0 Å². The van der Waals surface area contributed by atoms with Gasteiger partial charge in [-0.2, -0.15) is 0 Å². The quantitative estimate of drug-likeness (QED) is 0.495. The van der Waals surface area contributed by atoms with E-state index < -0.39 is 0 Å². The van der Waals surface area contributed by atoms with Crippen LogP contribution in [0, 0.1) is 5.92 Å². The maximum atomic E-state index is 11.3. The summed E-state index contributed by atoms with van der Waals surface area (Å²) in [6.45, 7) is 4.90. The Morgan fingerprint density at radius 2 is 2.08 bits per heavy atom. The van der Waals surface area contributed by atoms with Gasteiger partial charge in [0.25, 0.3) is 0 Å². The lowest BCUT2D eigenvalue weighted by Gasteiger charge is -2.12. The first-order valence-corrected chi connectivity index (χ1v) is 5.04. The molecular weight excluding hydrogens is 164 g/mol. The van der Waals surface area contributed by atoms with E-state index in [0.717, 1.165) is 24.8 Å². The lowest BCUT2D eigenvalue weighted by Crippen LogP contribution is -2.09. The van der Waals surface area contributed by atoms with Gasteiger partial charge in [-0.05, 0) is 25.2 Å². The summed E-state index contributed by atoms with van der Waals surface area (Å²) in [5.74, 6) is 0.797. The zero-order chi connectivity index (χ0) is 9.68. The molecule has 0 aromatic heterocycles. The molecule has 1 rings (SSSR count). The Balaban J connectivity index is 2.35. The summed E-state index contributed by atoms with van der Waals surface area (Å²) < 4.78 is 5.32. The van der Waals surface area contributed by atoms with Crippen LogP contribution in [0.15, 0.2) is 11.8 Å². The molecule has 2 nitrogen and oxygen atoms in total. The highest BCUT2D eigenvalue weighted by molar-refractivity contribution is 5.95. The van der Waals surface area contributed by atoms with Crippen molar-refractivity contribution < 1.29 is 9.53 Å². The number of hydrogen-bond donors (Lipinski definition) is 0. The molecule has 0 aliphatic heterocycles. The minimum absolute atomic E-state index is 0.273. The number of ketones is 1. The number of ether oxygens (including phenoxy) is 1. The molecule has 1 aliphatic carbocycles. The third-order valence-electron chi connectivity index (χ3n) is 2.11. The van der Waals surface area contributed by atoms with Crippen LogP contribution in [0.25, 0.3) is 0 Å². The highest BCUT2D eigenvalue weighted by atomic mass is 16.5. The second-order valence-corrected chi connectivity index (χ2v) is 4.00. The van der Waals surface area contributed by atoms with Crippen LogP contribution in [-0.4, -0.2) is 12.4 Å². The van der Waals surface area contributed by atoms with Gasteiger partial charge < -0.3 is 4.74 Å². The maximum absolute atomic E-state index is 11.3. The van der Waals surface area contributed by atoms with Crippen molar-refractivity contribution in [3.8, 4) is 0 Å². The van der Waals surface area contributed by atoms with Gasteiger partial charge in [-0.3, -0.25) is 4.79 Å². The standard InChI is InChI=1S/C11H18O2/c1-9(2)7-13-8-10-5-3-4-6-11(10)12/h8-9H,3-7H2,1-2H3/b10-8-. The Labute approximate surface area is 80.0 Å². The molecule has 1 aliphatic rings. The SMILES string of the molecule is CC(C)CO/C=C1/CCCCC1=O. The molecule has 1 fully saturated rings. The molecule has 0 amide bonds.